The molecule has 0 saturated carbocycles. The fraction of sp³-hybridized carbons (Fsp3) is 0.161. The largest absolute Gasteiger partial charge is 0.451 e. The van der Waals surface area contributed by atoms with Crippen LogP contribution in [0, 0.1) is 6.92 Å². The number of piperazine rings is 1. The van der Waals surface area contributed by atoms with E-state index in [1.54, 1.807) is 30.3 Å². The molecular formula is C31H27Cl2N3O3. The topological polar surface area (TPSA) is 65.8 Å². The van der Waals surface area contributed by atoms with Crippen LogP contribution >= 0.6 is 23.2 Å². The average molecular weight is 560 g/mol. The summed E-state index contributed by atoms with van der Waals surface area (Å²) in [5, 5.41) is 4.08. The molecule has 39 heavy (non-hydrogen) atoms. The lowest BCUT2D eigenvalue weighted by molar-refractivity contribution is -0.126. The zero-order chi connectivity index (χ0) is 27.4. The molecule has 3 aromatic carbocycles. The van der Waals surface area contributed by atoms with Crippen LogP contribution in [-0.2, 0) is 4.79 Å². The number of hydrogen-bond donors (Lipinski definition) is 1. The van der Waals surface area contributed by atoms with Gasteiger partial charge in [-0.3, -0.25) is 9.59 Å². The summed E-state index contributed by atoms with van der Waals surface area (Å²) in [6.45, 7) is 4.29. The summed E-state index contributed by atoms with van der Waals surface area (Å²) in [5.41, 5.74) is 4.15. The molecule has 1 fully saturated rings. The number of halogens is 2. The molecule has 0 atom stereocenters. The number of carbonyl (C=O) groups excluding carboxylic acids is 2. The van der Waals surface area contributed by atoms with Gasteiger partial charge in [-0.25, -0.2) is 0 Å². The summed E-state index contributed by atoms with van der Waals surface area (Å²) in [6.07, 6.45) is 3.44. The summed E-state index contributed by atoms with van der Waals surface area (Å²) >= 11 is 12.5. The summed E-state index contributed by atoms with van der Waals surface area (Å²) in [7, 11) is 0. The van der Waals surface area contributed by atoms with Gasteiger partial charge in [0.2, 0.25) is 5.91 Å². The molecule has 5 rings (SSSR count). The second-order valence-electron chi connectivity index (χ2n) is 9.30. The first-order valence-corrected chi connectivity index (χ1v) is 13.4. The molecular weight excluding hydrogens is 533 g/mol. The lowest BCUT2D eigenvalue weighted by Crippen LogP contribution is -2.48. The van der Waals surface area contributed by atoms with Crippen molar-refractivity contribution in [3.8, 4) is 11.3 Å². The van der Waals surface area contributed by atoms with Crippen LogP contribution < -0.4 is 10.2 Å². The van der Waals surface area contributed by atoms with Crippen LogP contribution in [0.2, 0.25) is 10.0 Å². The van der Waals surface area contributed by atoms with E-state index < -0.39 is 0 Å². The van der Waals surface area contributed by atoms with E-state index in [0.717, 1.165) is 22.4 Å². The van der Waals surface area contributed by atoms with Crippen LogP contribution in [0.1, 0.15) is 21.7 Å². The molecule has 1 saturated heterocycles. The van der Waals surface area contributed by atoms with Crippen molar-refractivity contribution >= 4 is 52.5 Å². The molecule has 0 unspecified atom stereocenters. The highest BCUT2D eigenvalue weighted by atomic mass is 35.5. The fourth-order valence-corrected chi connectivity index (χ4v) is 4.79. The smallest absolute Gasteiger partial charge is 0.291 e. The Labute approximate surface area is 237 Å². The normalized spacial score (nSPS) is 13.6. The van der Waals surface area contributed by atoms with Gasteiger partial charge in [-0.2, -0.15) is 0 Å². The quantitative estimate of drug-likeness (QED) is 0.254. The van der Waals surface area contributed by atoms with Gasteiger partial charge in [-0.1, -0.05) is 65.7 Å². The third-order valence-electron chi connectivity index (χ3n) is 6.64. The summed E-state index contributed by atoms with van der Waals surface area (Å²) in [5.74, 6) is 0.318. The van der Waals surface area contributed by atoms with E-state index in [2.05, 4.69) is 10.2 Å². The maximum absolute atomic E-state index is 13.1. The van der Waals surface area contributed by atoms with Gasteiger partial charge in [0.25, 0.3) is 5.91 Å². The van der Waals surface area contributed by atoms with Gasteiger partial charge >= 0.3 is 0 Å². The fourth-order valence-electron chi connectivity index (χ4n) is 4.43. The lowest BCUT2D eigenvalue weighted by Gasteiger charge is -2.36. The highest BCUT2D eigenvalue weighted by Gasteiger charge is 2.23. The predicted octanol–water partition coefficient (Wildman–Crippen LogP) is 7.18. The van der Waals surface area contributed by atoms with Crippen molar-refractivity contribution in [1.29, 1.82) is 0 Å². The van der Waals surface area contributed by atoms with E-state index >= 15 is 0 Å². The Bertz CT molecular complexity index is 1520. The third kappa shape index (κ3) is 6.36. The Hall–Kier alpha value is -4.00. The minimum absolute atomic E-state index is 0.0216. The zero-order valence-corrected chi connectivity index (χ0v) is 22.9. The summed E-state index contributed by atoms with van der Waals surface area (Å²) in [4.78, 5) is 29.8. The van der Waals surface area contributed by atoms with Gasteiger partial charge in [-0.15, -0.1) is 0 Å². The second kappa shape index (κ2) is 11.8. The number of nitrogens with zero attached hydrogens (tertiary/aromatic N) is 2. The Morgan fingerprint density at radius 3 is 2.41 bits per heavy atom. The molecule has 0 radical (unpaired) electrons. The molecule has 1 aliphatic rings. The molecule has 1 aromatic heterocycles. The molecule has 0 spiro atoms. The number of carbonyl (C=O) groups is 2. The van der Waals surface area contributed by atoms with E-state index in [4.69, 9.17) is 27.6 Å². The molecule has 1 aliphatic heterocycles. The van der Waals surface area contributed by atoms with Crippen LogP contribution in [0.3, 0.4) is 0 Å². The Morgan fingerprint density at radius 1 is 0.897 bits per heavy atom. The second-order valence-corrected chi connectivity index (χ2v) is 10.1. The van der Waals surface area contributed by atoms with E-state index in [9.17, 15) is 9.59 Å². The van der Waals surface area contributed by atoms with Crippen molar-refractivity contribution in [1.82, 2.24) is 4.90 Å². The van der Waals surface area contributed by atoms with Gasteiger partial charge in [0.1, 0.15) is 5.76 Å². The Kier molecular flexibility index (Phi) is 8.05. The monoisotopic (exact) mass is 559 g/mol. The minimum Gasteiger partial charge on any atom is -0.451 e. The Balaban J connectivity index is 1.25. The number of nitrogens with one attached hydrogen (secondary N) is 1. The first-order valence-electron chi connectivity index (χ1n) is 12.6. The maximum Gasteiger partial charge on any atom is 0.291 e. The van der Waals surface area contributed by atoms with Gasteiger partial charge in [-0.05, 0) is 60.5 Å². The van der Waals surface area contributed by atoms with Crippen molar-refractivity contribution in [2.45, 2.75) is 6.92 Å². The van der Waals surface area contributed by atoms with Gasteiger partial charge < -0.3 is 19.5 Å². The Morgan fingerprint density at radius 2 is 1.67 bits per heavy atom. The number of hydrogen-bond acceptors (Lipinski definition) is 4. The zero-order valence-electron chi connectivity index (χ0n) is 21.4. The SMILES string of the molecule is Cc1ccc(-c2ccc(C(=O)Nc3cc(Cl)ccc3N3CCN(C(=O)/C=C/c4ccccc4)CC3)o2)cc1Cl. The maximum atomic E-state index is 13.1. The van der Waals surface area contributed by atoms with E-state index in [0.29, 0.717) is 47.7 Å². The first-order chi connectivity index (χ1) is 18.9. The van der Waals surface area contributed by atoms with E-state index in [1.807, 2.05) is 72.5 Å². The van der Waals surface area contributed by atoms with Crippen molar-refractivity contribution in [3.63, 3.8) is 0 Å². The average Bonchev–Trinajstić information content (AvgIpc) is 3.45. The molecule has 0 bridgehead atoms. The standard InChI is InChI=1S/C31H27Cl2N3O3/c1-21-7-9-23(19-25(21)33)28-12-13-29(39-28)31(38)34-26-20-24(32)10-11-27(26)35-15-17-36(18-16-35)30(37)14-8-22-5-3-2-4-6-22/h2-14,19-20H,15-18H2,1H3,(H,34,38)/b14-8+. The van der Waals surface area contributed by atoms with Crippen molar-refractivity contribution in [2.75, 3.05) is 36.4 Å². The number of furan rings is 1. The van der Waals surface area contributed by atoms with Crippen molar-refractivity contribution < 1.29 is 14.0 Å². The lowest BCUT2D eigenvalue weighted by atomic mass is 10.1. The molecule has 2 heterocycles. The minimum atomic E-state index is -0.386. The number of benzene rings is 3. The first kappa shape index (κ1) is 26.6. The van der Waals surface area contributed by atoms with Crippen LogP contribution in [0.15, 0.2) is 89.4 Å². The van der Waals surface area contributed by atoms with Crippen LogP contribution in [0.25, 0.3) is 17.4 Å². The van der Waals surface area contributed by atoms with Crippen molar-refractivity contribution in [3.05, 3.63) is 112 Å². The number of anilines is 2. The molecule has 8 heteroatoms. The molecule has 4 aromatic rings. The van der Waals surface area contributed by atoms with E-state index in [1.165, 1.54) is 0 Å². The van der Waals surface area contributed by atoms with Crippen LogP contribution in [-0.4, -0.2) is 42.9 Å². The summed E-state index contributed by atoms with van der Waals surface area (Å²) < 4.78 is 5.84. The molecule has 6 nitrogen and oxygen atoms in total. The van der Waals surface area contributed by atoms with Gasteiger partial charge in [0.15, 0.2) is 5.76 Å². The molecule has 2 amide bonds. The summed E-state index contributed by atoms with van der Waals surface area (Å²) in [6, 6.07) is 24.1. The highest BCUT2D eigenvalue weighted by Crippen LogP contribution is 2.32. The number of rotatable bonds is 6. The van der Waals surface area contributed by atoms with Gasteiger partial charge in [0, 0.05) is 47.9 Å². The van der Waals surface area contributed by atoms with Crippen LogP contribution in [0.5, 0.6) is 0 Å². The van der Waals surface area contributed by atoms with Crippen LogP contribution in [0.4, 0.5) is 11.4 Å². The number of aryl methyl sites for hydroxylation is 1. The van der Waals surface area contributed by atoms with Crippen molar-refractivity contribution in [2.24, 2.45) is 0 Å². The third-order valence-corrected chi connectivity index (χ3v) is 7.29. The predicted molar refractivity (Wildman–Crippen MR) is 158 cm³/mol. The number of amides is 2. The molecule has 198 valence electrons. The molecule has 0 aliphatic carbocycles. The van der Waals surface area contributed by atoms with Gasteiger partial charge in [0.05, 0.1) is 11.4 Å². The van der Waals surface area contributed by atoms with E-state index in [-0.39, 0.29) is 17.6 Å². The molecule has 1 N–H and O–H groups in total. The highest BCUT2D eigenvalue weighted by molar-refractivity contribution is 6.31.